The van der Waals surface area contributed by atoms with Gasteiger partial charge in [-0.25, -0.2) is 0 Å². The largest absolute Gasteiger partial charge is 0.363 e. The van der Waals surface area contributed by atoms with Crippen molar-refractivity contribution in [1.29, 1.82) is 0 Å². The molecule has 0 aliphatic carbocycles. The summed E-state index contributed by atoms with van der Waals surface area (Å²) < 4.78 is 0. The molecule has 0 aromatic carbocycles. The lowest BCUT2D eigenvalue weighted by Crippen LogP contribution is -2.39. The first kappa shape index (κ1) is 10.1. The lowest BCUT2D eigenvalue weighted by molar-refractivity contribution is -0.136. The van der Waals surface area contributed by atoms with E-state index in [9.17, 15) is 9.59 Å². The van der Waals surface area contributed by atoms with Crippen LogP contribution in [-0.4, -0.2) is 17.7 Å². The molecule has 0 aromatic heterocycles. The number of carbonyl (C=O) groups is 2. The Hall–Kier alpha value is -0.900. The third-order valence-electron chi connectivity index (χ3n) is 1.45. The van der Waals surface area contributed by atoms with E-state index in [0.29, 0.717) is 6.42 Å². The Labute approximate surface area is 65.9 Å². The average Bonchev–Trinajstić information content (AvgIpc) is 1.98. The summed E-state index contributed by atoms with van der Waals surface area (Å²) in [4.78, 5) is 21.0. The van der Waals surface area contributed by atoms with Crippen LogP contribution in [-0.2, 0) is 9.59 Å². The number of ketones is 1. The van der Waals surface area contributed by atoms with Crippen molar-refractivity contribution in [2.75, 3.05) is 0 Å². The predicted molar refractivity (Wildman–Crippen MR) is 41.7 cm³/mol. The van der Waals surface area contributed by atoms with Crippen LogP contribution in [0.4, 0.5) is 0 Å². The molecule has 0 fully saturated rings. The summed E-state index contributed by atoms with van der Waals surface area (Å²) >= 11 is 0. The minimum atomic E-state index is -0.936. The van der Waals surface area contributed by atoms with E-state index in [1.165, 1.54) is 0 Å². The molecule has 0 heterocycles. The van der Waals surface area contributed by atoms with Crippen LogP contribution < -0.4 is 11.5 Å². The van der Waals surface area contributed by atoms with E-state index in [1.54, 1.807) is 0 Å². The summed E-state index contributed by atoms with van der Waals surface area (Å²) in [5.41, 5.74) is 10.1. The van der Waals surface area contributed by atoms with Gasteiger partial charge in [-0.1, -0.05) is 19.8 Å². The normalized spacial score (nSPS) is 12.5. The standard InChI is InChI=1S/C7H14N2O2/c1-2-3-4-5(8)6(10)7(9)11/h5H,2-4,8H2,1H3,(H2,9,11). The highest BCUT2D eigenvalue weighted by Crippen LogP contribution is 1.98. The van der Waals surface area contributed by atoms with Gasteiger partial charge in [0.2, 0.25) is 5.78 Å². The Balaban J connectivity index is 3.73. The van der Waals surface area contributed by atoms with Crippen LogP contribution >= 0.6 is 0 Å². The molecule has 0 rings (SSSR count). The van der Waals surface area contributed by atoms with E-state index >= 15 is 0 Å². The van der Waals surface area contributed by atoms with Crippen LogP contribution in [0.1, 0.15) is 26.2 Å². The molecule has 0 aliphatic heterocycles. The summed E-state index contributed by atoms with van der Waals surface area (Å²) in [6.45, 7) is 1.99. The van der Waals surface area contributed by atoms with E-state index in [2.05, 4.69) is 0 Å². The fourth-order valence-electron chi connectivity index (χ4n) is 0.738. The van der Waals surface area contributed by atoms with Crippen molar-refractivity contribution in [2.45, 2.75) is 32.2 Å². The van der Waals surface area contributed by atoms with Crippen LogP contribution in [0.15, 0.2) is 0 Å². The maximum absolute atomic E-state index is 10.7. The lowest BCUT2D eigenvalue weighted by Gasteiger charge is -2.05. The van der Waals surface area contributed by atoms with Crippen molar-refractivity contribution in [2.24, 2.45) is 11.5 Å². The SMILES string of the molecule is CCCCC(N)C(=O)C(N)=O. The Kier molecular flexibility index (Phi) is 4.45. The molecule has 11 heavy (non-hydrogen) atoms. The van der Waals surface area contributed by atoms with Gasteiger partial charge in [-0.3, -0.25) is 9.59 Å². The molecule has 1 amide bonds. The number of Topliss-reactive ketones (excluding diaryl/α,β-unsaturated/α-hetero) is 1. The van der Waals surface area contributed by atoms with Crippen molar-refractivity contribution < 1.29 is 9.59 Å². The quantitative estimate of drug-likeness (QED) is 0.532. The first-order valence-electron chi connectivity index (χ1n) is 3.68. The topological polar surface area (TPSA) is 86.2 Å². The third kappa shape index (κ3) is 3.72. The van der Waals surface area contributed by atoms with Crippen LogP contribution in [0.3, 0.4) is 0 Å². The minimum absolute atomic E-state index is 0.540. The van der Waals surface area contributed by atoms with Gasteiger partial charge in [0.15, 0.2) is 0 Å². The minimum Gasteiger partial charge on any atom is -0.363 e. The second-order valence-electron chi connectivity index (χ2n) is 2.48. The number of amides is 1. The van der Waals surface area contributed by atoms with E-state index in [4.69, 9.17) is 11.5 Å². The molecule has 4 nitrogen and oxygen atoms in total. The van der Waals surface area contributed by atoms with Gasteiger partial charge < -0.3 is 11.5 Å². The number of hydrogen-bond acceptors (Lipinski definition) is 3. The molecule has 4 N–H and O–H groups in total. The first-order chi connectivity index (χ1) is 5.09. The third-order valence-corrected chi connectivity index (χ3v) is 1.45. The highest BCUT2D eigenvalue weighted by molar-refractivity contribution is 6.37. The van der Waals surface area contributed by atoms with E-state index in [1.807, 2.05) is 6.92 Å². The zero-order valence-electron chi connectivity index (χ0n) is 6.67. The number of unbranched alkanes of at least 4 members (excludes halogenated alkanes) is 1. The van der Waals surface area contributed by atoms with Crippen LogP contribution in [0.2, 0.25) is 0 Å². The fourth-order valence-corrected chi connectivity index (χ4v) is 0.738. The van der Waals surface area contributed by atoms with Gasteiger partial charge in [-0.15, -0.1) is 0 Å². The second kappa shape index (κ2) is 4.85. The lowest BCUT2D eigenvalue weighted by atomic mass is 10.1. The monoisotopic (exact) mass is 158 g/mol. The van der Waals surface area contributed by atoms with Crippen molar-refractivity contribution in [3.63, 3.8) is 0 Å². The van der Waals surface area contributed by atoms with Gasteiger partial charge in [0, 0.05) is 0 Å². The zero-order valence-corrected chi connectivity index (χ0v) is 6.67. The molecule has 0 bridgehead atoms. The number of primary amides is 1. The van der Waals surface area contributed by atoms with Crippen LogP contribution in [0.5, 0.6) is 0 Å². The Morgan fingerprint density at radius 1 is 1.45 bits per heavy atom. The molecule has 0 aromatic rings. The maximum Gasteiger partial charge on any atom is 0.286 e. The summed E-state index contributed by atoms with van der Waals surface area (Å²) in [5, 5.41) is 0. The number of nitrogens with two attached hydrogens (primary N) is 2. The molecule has 1 atom stereocenters. The van der Waals surface area contributed by atoms with Gasteiger partial charge in [-0.05, 0) is 6.42 Å². The summed E-state index contributed by atoms with van der Waals surface area (Å²) in [6, 6.07) is -0.701. The molecule has 0 radical (unpaired) electrons. The fraction of sp³-hybridized carbons (Fsp3) is 0.714. The summed E-state index contributed by atoms with van der Waals surface area (Å²) in [7, 11) is 0. The van der Waals surface area contributed by atoms with Crippen molar-refractivity contribution >= 4 is 11.7 Å². The smallest absolute Gasteiger partial charge is 0.286 e. The van der Waals surface area contributed by atoms with Gasteiger partial charge >= 0.3 is 0 Å². The molecule has 0 saturated carbocycles. The molecule has 0 spiro atoms. The number of hydrogen-bond donors (Lipinski definition) is 2. The maximum atomic E-state index is 10.7. The van der Waals surface area contributed by atoms with Gasteiger partial charge in [0.1, 0.15) is 0 Å². The van der Waals surface area contributed by atoms with Crippen LogP contribution in [0.25, 0.3) is 0 Å². The van der Waals surface area contributed by atoms with E-state index in [-0.39, 0.29) is 0 Å². The molecule has 4 heteroatoms. The van der Waals surface area contributed by atoms with Gasteiger partial charge in [0.05, 0.1) is 6.04 Å². The second-order valence-corrected chi connectivity index (χ2v) is 2.48. The highest BCUT2D eigenvalue weighted by atomic mass is 16.2. The molecule has 1 unspecified atom stereocenters. The zero-order chi connectivity index (χ0) is 8.85. The Morgan fingerprint density at radius 3 is 2.36 bits per heavy atom. The molecular formula is C7H14N2O2. The highest BCUT2D eigenvalue weighted by Gasteiger charge is 2.17. The number of carbonyl (C=O) groups excluding carboxylic acids is 2. The predicted octanol–water partition coefficient (Wildman–Crippen LogP) is -0.442. The summed E-state index contributed by atoms with van der Waals surface area (Å²) in [6.07, 6.45) is 2.35. The average molecular weight is 158 g/mol. The molecular weight excluding hydrogens is 144 g/mol. The molecule has 0 aliphatic rings. The van der Waals surface area contributed by atoms with Gasteiger partial charge in [-0.2, -0.15) is 0 Å². The number of rotatable bonds is 5. The summed E-state index contributed by atoms with van der Waals surface area (Å²) in [5.74, 6) is -1.60. The van der Waals surface area contributed by atoms with Crippen molar-refractivity contribution in [3.05, 3.63) is 0 Å². The Morgan fingerprint density at radius 2 is 2.00 bits per heavy atom. The van der Waals surface area contributed by atoms with Crippen LogP contribution in [0, 0.1) is 0 Å². The van der Waals surface area contributed by atoms with E-state index < -0.39 is 17.7 Å². The first-order valence-corrected chi connectivity index (χ1v) is 3.68. The van der Waals surface area contributed by atoms with Crippen molar-refractivity contribution in [1.82, 2.24) is 0 Å². The Bertz CT molecular complexity index is 157. The van der Waals surface area contributed by atoms with Gasteiger partial charge in [0.25, 0.3) is 5.91 Å². The van der Waals surface area contributed by atoms with E-state index in [0.717, 1.165) is 12.8 Å². The molecule has 64 valence electrons. The molecule has 0 saturated heterocycles. The van der Waals surface area contributed by atoms with Crippen molar-refractivity contribution in [3.8, 4) is 0 Å².